The van der Waals surface area contributed by atoms with Crippen LogP contribution in [0.3, 0.4) is 0 Å². The van der Waals surface area contributed by atoms with Gasteiger partial charge in [0.15, 0.2) is 5.65 Å². The van der Waals surface area contributed by atoms with Crippen LogP contribution in [0.1, 0.15) is 0 Å². The number of fused-ring (bicyclic) bond motifs is 1. The number of aromatic nitrogens is 4. The molecule has 0 spiro atoms. The Balaban J connectivity index is 1.64. The summed E-state index contributed by atoms with van der Waals surface area (Å²) in [6.45, 7) is 0. The normalized spacial score (nSPS) is 10.7. The van der Waals surface area contributed by atoms with Crippen LogP contribution in [0.25, 0.3) is 16.7 Å². The molecular weight excluding hydrogens is 276 g/mol. The van der Waals surface area contributed by atoms with Gasteiger partial charge in [-0.15, -0.1) is 0 Å². The molecule has 5 heteroatoms. The van der Waals surface area contributed by atoms with Gasteiger partial charge in [-0.1, -0.05) is 18.2 Å². The number of hydrogen-bond donors (Lipinski definition) is 0. The molecule has 2 heterocycles. The summed E-state index contributed by atoms with van der Waals surface area (Å²) in [7, 11) is 0. The van der Waals surface area contributed by atoms with Gasteiger partial charge < -0.3 is 4.74 Å². The van der Waals surface area contributed by atoms with Crippen molar-refractivity contribution in [1.82, 2.24) is 19.7 Å². The first-order valence-electron chi connectivity index (χ1n) is 6.87. The summed E-state index contributed by atoms with van der Waals surface area (Å²) in [5, 5.41) is 5.26. The minimum absolute atomic E-state index is 0.779. The van der Waals surface area contributed by atoms with Crippen molar-refractivity contribution in [2.24, 2.45) is 0 Å². The molecule has 2 aromatic carbocycles. The lowest BCUT2D eigenvalue weighted by Gasteiger charge is -2.07. The highest BCUT2D eigenvalue weighted by molar-refractivity contribution is 5.74. The molecule has 0 unspecified atom stereocenters. The van der Waals surface area contributed by atoms with Gasteiger partial charge in [0.2, 0.25) is 0 Å². The summed E-state index contributed by atoms with van der Waals surface area (Å²) in [6.07, 6.45) is 5.02. The molecule has 22 heavy (non-hydrogen) atoms. The first-order valence-corrected chi connectivity index (χ1v) is 6.87. The van der Waals surface area contributed by atoms with E-state index in [1.165, 1.54) is 6.33 Å². The Hall–Kier alpha value is -3.21. The highest BCUT2D eigenvalue weighted by Crippen LogP contribution is 2.23. The molecule has 0 N–H and O–H groups in total. The number of para-hydroxylation sites is 1. The van der Waals surface area contributed by atoms with Crippen LogP contribution in [0.2, 0.25) is 0 Å². The van der Waals surface area contributed by atoms with Gasteiger partial charge in [0.05, 0.1) is 17.3 Å². The van der Waals surface area contributed by atoms with Gasteiger partial charge in [-0.25, -0.2) is 14.6 Å². The molecule has 0 saturated carbocycles. The molecule has 0 aliphatic heterocycles. The summed E-state index contributed by atoms with van der Waals surface area (Å²) in [6, 6.07) is 17.4. The van der Waals surface area contributed by atoms with Crippen LogP contribution in [0, 0.1) is 0 Å². The van der Waals surface area contributed by atoms with Crippen molar-refractivity contribution in [2.75, 3.05) is 0 Å². The standard InChI is InChI=1S/C17H12N4O/c1-2-4-15(5-3-1)22-16-8-6-14(7-9-16)21-17-13(11-20-21)10-18-12-19-17/h1-12H. The molecule has 0 fully saturated rings. The van der Waals surface area contributed by atoms with E-state index in [2.05, 4.69) is 15.1 Å². The lowest BCUT2D eigenvalue weighted by Crippen LogP contribution is -1.97. The second-order valence-electron chi connectivity index (χ2n) is 4.77. The SMILES string of the molecule is c1ccc(Oc2ccc(-n3ncc4cncnc43)cc2)cc1. The second kappa shape index (κ2) is 5.29. The molecule has 0 radical (unpaired) electrons. The van der Waals surface area contributed by atoms with Crippen LogP contribution in [-0.2, 0) is 0 Å². The first kappa shape index (κ1) is 12.5. The monoisotopic (exact) mass is 288 g/mol. The van der Waals surface area contributed by atoms with Gasteiger partial charge in [-0.2, -0.15) is 5.10 Å². The number of hydrogen-bond acceptors (Lipinski definition) is 4. The molecule has 4 aromatic rings. The van der Waals surface area contributed by atoms with Gasteiger partial charge in [0.25, 0.3) is 0 Å². The van der Waals surface area contributed by atoms with E-state index in [-0.39, 0.29) is 0 Å². The topological polar surface area (TPSA) is 52.8 Å². The second-order valence-corrected chi connectivity index (χ2v) is 4.77. The predicted molar refractivity (Wildman–Crippen MR) is 83.2 cm³/mol. The van der Waals surface area contributed by atoms with Crippen LogP contribution in [-0.4, -0.2) is 19.7 Å². The van der Waals surface area contributed by atoms with Crippen LogP contribution in [0.5, 0.6) is 11.5 Å². The summed E-state index contributed by atoms with van der Waals surface area (Å²) in [5.41, 5.74) is 1.71. The smallest absolute Gasteiger partial charge is 0.166 e. The quantitative estimate of drug-likeness (QED) is 0.578. The van der Waals surface area contributed by atoms with E-state index >= 15 is 0 Å². The Bertz CT molecular complexity index is 901. The van der Waals surface area contributed by atoms with E-state index in [0.717, 1.165) is 28.2 Å². The highest BCUT2D eigenvalue weighted by Gasteiger charge is 2.06. The molecule has 0 saturated heterocycles. The molecule has 4 rings (SSSR count). The van der Waals surface area contributed by atoms with Gasteiger partial charge in [0, 0.05) is 6.20 Å². The van der Waals surface area contributed by atoms with Crippen LogP contribution in [0.15, 0.2) is 73.3 Å². The number of nitrogens with zero attached hydrogens (tertiary/aromatic N) is 4. The molecule has 106 valence electrons. The molecule has 0 atom stereocenters. The van der Waals surface area contributed by atoms with E-state index in [1.54, 1.807) is 17.1 Å². The lowest BCUT2D eigenvalue weighted by atomic mass is 10.3. The fourth-order valence-electron chi connectivity index (χ4n) is 2.25. The van der Waals surface area contributed by atoms with Gasteiger partial charge >= 0.3 is 0 Å². The fraction of sp³-hybridized carbons (Fsp3) is 0. The maximum absolute atomic E-state index is 5.78. The Kier molecular flexibility index (Phi) is 3.01. The van der Waals surface area contributed by atoms with Gasteiger partial charge in [-0.3, -0.25) is 0 Å². The lowest BCUT2D eigenvalue weighted by molar-refractivity contribution is 0.482. The average molecular weight is 288 g/mol. The molecular formula is C17H12N4O. The van der Waals surface area contributed by atoms with Crippen molar-refractivity contribution in [3.05, 3.63) is 73.3 Å². The zero-order valence-electron chi connectivity index (χ0n) is 11.6. The van der Waals surface area contributed by atoms with Crippen molar-refractivity contribution in [3.63, 3.8) is 0 Å². The zero-order valence-corrected chi connectivity index (χ0v) is 11.6. The minimum Gasteiger partial charge on any atom is -0.457 e. The molecule has 0 bridgehead atoms. The molecule has 5 nitrogen and oxygen atoms in total. The van der Waals surface area contributed by atoms with Crippen LogP contribution >= 0.6 is 0 Å². The predicted octanol–water partition coefficient (Wildman–Crippen LogP) is 3.61. The van der Waals surface area contributed by atoms with Gasteiger partial charge in [-0.05, 0) is 36.4 Å². The van der Waals surface area contributed by atoms with E-state index in [0.29, 0.717) is 0 Å². The van der Waals surface area contributed by atoms with E-state index in [1.807, 2.05) is 54.6 Å². The van der Waals surface area contributed by atoms with Crippen LogP contribution < -0.4 is 4.74 Å². The third kappa shape index (κ3) is 2.29. The third-order valence-corrected chi connectivity index (χ3v) is 3.29. The Morgan fingerprint density at radius 3 is 2.41 bits per heavy atom. The summed E-state index contributed by atoms with van der Waals surface area (Å²) in [5.74, 6) is 1.59. The molecule has 0 aliphatic rings. The summed E-state index contributed by atoms with van der Waals surface area (Å²) in [4.78, 5) is 8.26. The van der Waals surface area contributed by atoms with E-state index in [4.69, 9.17) is 4.74 Å². The summed E-state index contributed by atoms with van der Waals surface area (Å²) < 4.78 is 7.56. The Morgan fingerprint density at radius 2 is 1.59 bits per heavy atom. The highest BCUT2D eigenvalue weighted by atomic mass is 16.5. The fourth-order valence-corrected chi connectivity index (χ4v) is 2.25. The number of rotatable bonds is 3. The maximum atomic E-state index is 5.78. The maximum Gasteiger partial charge on any atom is 0.166 e. The first-order chi connectivity index (χ1) is 10.9. The Morgan fingerprint density at radius 1 is 0.818 bits per heavy atom. The Labute approximate surface area is 126 Å². The largest absolute Gasteiger partial charge is 0.457 e. The van der Waals surface area contributed by atoms with Crippen LogP contribution in [0.4, 0.5) is 0 Å². The molecule has 2 aromatic heterocycles. The van der Waals surface area contributed by atoms with Crippen molar-refractivity contribution >= 4 is 11.0 Å². The van der Waals surface area contributed by atoms with Crippen molar-refractivity contribution in [3.8, 4) is 17.2 Å². The molecule has 0 aliphatic carbocycles. The van der Waals surface area contributed by atoms with E-state index in [9.17, 15) is 0 Å². The number of ether oxygens (including phenoxy) is 1. The third-order valence-electron chi connectivity index (χ3n) is 3.29. The average Bonchev–Trinajstić information content (AvgIpc) is 3.01. The molecule has 0 amide bonds. The summed E-state index contributed by atoms with van der Waals surface area (Å²) >= 11 is 0. The minimum atomic E-state index is 0.779. The van der Waals surface area contributed by atoms with Crippen molar-refractivity contribution in [2.45, 2.75) is 0 Å². The van der Waals surface area contributed by atoms with E-state index < -0.39 is 0 Å². The zero-order chi connectivity index (χ0) is 14.8. The van der Waals surface area contributed by atoms with Crippen molar-refractivity contribution < 1.29 is 4.74 Å². The van der Waals surface area contributed by atoms with Gasteiger partial charge in [0.1, 0.15) is 17.8 Å². The number of benzene rings is 2. The van der Waals surface area contributed by atoms with Crippen molar-refractivity contribution in [1.29, 1.82) is 0 Å².